The minimum atomic E-state index is -5.04. The van der Waals surface area contributed by atoms with Gasteiger partial charge < -0.3 is 37.0 Å². The summed E-state index contributed by atoms with van der Waals surface area (Å²) in [4.78, 5) is 40.8. The van der Waals surface area contributed by atoms with Gasteiger partial charge in [-0.3, -0.25) is 28.0 Å². The summed E-state index contributed by atoms with van der Waals surface area (Å²) in [5, 5.41) is 19.6. The third-order valence-corrected chi connectivity index (χ3v) is 12.2. The van der Waals surface area contributed by atoms with E-state index in [1.54, 1.807) is 30.6 Å². The number of nitrogens with one attached hydrogen (secondary N) is 4. The summed E-state index contributed by atoms with van der Waals surface area (Å²) < 4.78 is 97.0. The summed E-state index contributed by atoms with van der Waals surface area (Å²) in [7, 11) is -11.1. The van der Waals surface area contributed by atoms with Crippen LogP contribution in [0.25, 0.3) is 0 Å². The van der Waals surface area contributed by atoms with E-state index in [0.29, 0.717) is 12.0 Å². The summed E-state index contributed by atoms with van der Waals surface area (Å²) in [5.74, 6) is -8.11. The molecule has 19 nitrogen and oxygen atoms in total. The number of hydrogen-bond donors (Lipinski definition) is 9. The molecule has 332 valence electrons. The van der Waals surface area contributed by atoms with Crippen LogP contribution in [0.5, 0.6) is 5.75 Å². The number of carbonyl (C=O) groups excluding carboxylic acids is 3. The van der Waals surface area contributed by atoms with Crippen molar-refractivity contribution in [2.24, 2.45) is 5.73 Å². The first-order valence-corrected chi connectivity index (χ1v) is 23.2. The Morgan fingerprint density at radius 2 is 1.42 bits per heavy atom. The van der Waals surface area contributed by atoms with E-state index in [1.165, 1.54) is 0 Å². The fourth-order valence-corrected chi connectivity index (χ4v) is 8.58. The van der Waals surface area contributed by atoms with Crippen LogP contribution in [0.4, 0.5) is 11.4 Å². The molecule has 0 aromatic heterocycles. The lowest BCUT2D eigenvalue weighted by Crippen LogP contribution is -2.59. The first kappa shape index (κ1) is 49.5. The molecule has 0 aliphatic carbocycles. The summed E-state index contributed by atoms with van der Waals surface area (Å²) in [6.07, 6.45) is 10.4. The molecule has 1 aliphatic rings. The number of likely N-dealkylation sites (N-methyl/N-ethyl adjacent to an activating group) is 1. The van der Waals surface area contributed by atoms with Gasteiger partial charge in [-0.15, -0.1) is 0 Å². The van der Waals surface area contributed by atoms with Crippen LogP contribution in [0.15, 0.2) is 66.4 Å². The average Bonchev–Trinajstić information content (AvgIpc) is 3.28. The van der Waals surface area contributed by atoms with E-state index in [2.05, 4.69) is 29.4 Å². The largest absolute Gasteiger partial charge is 0.508 e. The zero-order valence-corrected chi connectivity index (χ0v) is 36.7. The molecule has 0 radical (unpaired) electrons. The molecule has 60 heavy (non-hydrogen) atoms. The average molecular weight is 899 g/mol. The molecule has 3 unspecified atom stereocenters. The third-order valence-electron chi connectivity index (χ3n) is 9.89. The number of aromatic hydroxyl groups is 1. The number of rotatable bonds is 19. The highest BCUT2D eigenvalue weighted by Crippen LogP contribution is 2.48. The van der Waals surface area contributed by atoms with E-state index >= 15 is 0 Å². The quantitative estimate of drug-likeness (QED) is 0.0711. The van der Waals surface area contributed by atoms with Crippen LogP contribution in [-0.2, 0) is 62.1 Å². The van der Waals surface area contributed by atoms with E-state index < -0.39 is 88.9 Å². The number of nitrogens with zero attached hydrogens (tertiary/aromatic N) is 1. The van der Waals surface area contributed by atoms with E-state index in [-0.39, 0.29) is 17.7 Å². The SMILES string of the molecule is CNc1ccc(CNC(=O)C(CS(=O)(=O)O)NC(=O)C(CS(=O)(=O)O)NC(=O)C(N)CS(=O)(=O)O)cc1C(C)(C)C/C=C/C=C/C=C1/N(C)c2cc(O)c(C)cc2C1(C)C. The second kappa shape index (κ2) is 19.3. The Kier molecular flexibility index (Phi) is 15.9. The molecule has 3 amide bonds. The van der Waals surface area contributed by atoms with Gasteiger partial charge in [0.1, 0.15) is 35.4 Å². The fourth-order valence-electron chi connectivity index (χ4n) is 6.67. The van der Waals surface area contributed by atoms with Crippen LogP contribution < -0.4 is 31.9 Å². The number of phenols is 1. The molecule has 0 saturated carbocycles. The lowest BCUT2D eigenvalue weighted by Gasteiger charge is -2.27. The molecule has 2 aromatic carbocycles. The number of benzene rings is 2. The van der Waals surface area contributed by atoms with E-state index in [4.69, 9.17) is 10.3 Å². The minimum Gasteiger partial charge on any atom is -0.508 e. The first-order valence-electron chi connectivity index (χ1n) is 18.4. The number of phenolic OH excluding ortho intramolecular Hbond substituents is 1. The number of anilines is 2. The van der Waals surface area contributed by atoms with Crippen molar-refractivity contribution in [1.82, 2.24) is 16.0 Å². The topological polar surface area (TPSA) is 312 Å². The van der Waals surface area contributed by atoms with Gasteiger partial charge >= 0.3 is 0 Å². The molecule has 3 atom stereocenters. The van der Waals surface area contributed by atoms with Gasteiger partial charge in [-0.2, -0.15) is 25.3 Å². The molecule has 22 heteroatoms. The highest BCUT2D eigenvalue weighted by Gasteiger charge is 2.39. The highest BCUT2D eigenvalue weighted by atomic mass is 32.2. The molecule has 2 aromatic rings. The Hall–Kier alpha value is -4.84. The maximum Gasteiger partial charge on any atom is 0.267 e. The molecular weight excluding hydrogens is 845 g/mol. The lowest BCUT2D eigenvalue weighted by molar-refractivity contribution is -0.131. The van der Waals surface area contributed by atoms with Gasteiger partial charge in [0, 0.05) is 49.2 Å². The van der Waals surface area contributed by atoms with Gasteiger partial charge in [0.25, 0.3) is 30.4 Å². The van der Waals surface area contributed by atoms with E-state index in [1.807, 2.05) is 75.6 Å². The number of fused-ring (bicyclic) bond motifs is 1. The van der Waals surface area contributed by atoms with Gasteiger partial charge in [0.15, 0.2) is 0 Å². The number of carbonyl (C=O) groups is 3. The third kappa shape index (κ3) is 13.9. The minimum absolute atomic E-state index is 0.208. The Morgan fingerprint density at radius 3 is 1.98 bits per heavy atom. The van der Waals surface area contributed by atoms with Gasteiger partial charge in [-0.05, 0) is 59.2 Å². The number of aryl methyl sites for hydroxylation is 1. The Balaban J connectivity index is 1.75. The molecule has 0 saturated heterocycles. The number of amides is 3. The Labute approximate surface area is 350 Å². The van der Waals surface area contributed by atoms with E-state index in [0.717, 1.165) is 33.8 Å². The molecule has 0 bridgehead atoms. The Morgan fingerprint density at radius 1 is 0.850 bits per heavy atom. The van der Waals surface area contributed by atoms with Crippen molar-refractivity contribution >= 4 is 59.5 Å². The molecule has 3 rings (SSSR count). The van der Waals surface area contributed by atoms with Crippen molar-refractivity contribution in [2.45, 2.75) is 76.5 Å². The number of hydrogen-bond acceptors (Lipinski definition) is 13. The monoisotopic (exact) mass is 898 g/mol. The van der Waals surface area contributed by atoms with Crippen molar-refractivity contribution in [3.8, 4) is 5.75 Å². The second-order valence-corrected chi connectivity index (χ2v) is 20.1. The second-order valence-electron chi connectivity index (χ2n) is 15.6. The van der Waals surface area contributed by atoms with Crippen LogP contribution in [-0.4, -0.2) is 111 Å². The van der Waals surface area contributed by atoms with Crippen molar-refractivity contribution in [1.29, 1.82) is 0 Å². The molecule has 10 N–H and O–H groups in total. The molecule has 0 fully saturated rings. The first-order chi connectivity index (χ1) is 27.5. The van der Waals surface area contributed by atoms with Crippen molar-refractivity contribution in [2.75, 3.05) is 41.6 Å². The van der Waals surface area contributed by atoms with E-state index in [9.17, 15) is 53.8 Å². The van der Waals surface area contributed by atoms with Crippen LogP contribution in [0.3, 0.4) is 0 Å². The predicted octanol–water partition coefficient (Wildman–Crippen LogP) is 1.41. The van der Waals surface area contributed by atoms with Crippen molar-refractivity contribution in [3.63, 3.8) is 0 Å². The maximum atomic E-state index is 13.3. The highest BCUT2D eigenvalue weighted by molar-refractivity contribution is 7.86. The van der Waals surface area contributed by atoms with Gasteiger partial charge in [-0.1, -0.05) is 64.1 Å². The summed E-state index contributed by atoms with van der Waals surface area (Å²) in [6.45, 7) is 9.96. The molecular formula is C38H54N6O13S3. The summed E-state index contributed by atoms with van der Waals surface area (Å²) in [5.41, 5.74) is 10.8. The van der Waals surface area contributed by atoms with Crippen LogP contribution in [0.1, 0.15) is 56.4 Å². The lowest BCUT2D eigenvalue weighted by atomic mass is 9.79. The smallest absolute Gasteiger partial charge is 0.267 e. The fraction of sp³-hybridized carbons (Fsp3) is 0.447. The standard InChI is InChI=1S/C38H54N6O13S3/c1-23-16-26-31(18-32(23)45)44(7)33(38(26,4)5)12-10-8-9-11-15-37(2,3)25-17-24(13-14-28(25)40-6)19-41-35(47)29(21-59(52,53)54)43-36(48)30(22-60(55,56)57)42-34(46)27(39)20-58(49,50)51/h8-14,16-18,27,29-30,40,45H,15,19-22,39H2,1-7H3,(H,41,47)(H,42,46)(H,43,48)(H,49,50,51)(H,52,53,54)(H,55,56,57)/b10-8+,11-9+,33-12+. The van der Waals surface area contributed by atoms with Gasteiger partial charge in [-0.25, -0.2) is 0 Å². The Bertz CT molecular complexity index is 2390. The van der Waals surface area contributed by atoms with Crippen LogP contribution in [0, 0.1) is 6.92 Å². The maximum absolute atomic E-state index is 13.3. The molecule has 1 heterocycles. The summed E-state index contributed by atoms with van der Waals surface area (Å²) >= 11 is 0. The van der Waals surface area contributed by atoms with Gasteiger partial charge in [0.05, 0.1) is 5.75 Å². The zero-order chi connectivity index (χ0) is 45.6. The zero-order valence-electron chi connectivity index (χ0n) is 34.3. The number of allylic oxidation sites excluding steroid dienone is 6. The molecule has 0 spiro atoms. The van der Waals surface area contributed by atoms with Crippen molar-refractivity contribution < 1.29 is 58.4 Å². The normalized spacial score (nSPS) is 16.7. The van der Waals surface area contributed by atoms with Crippen LogP contribution >= 0.6 is 0 Å². The summed E-state index contributed by atoms with van der Waals surface area (Å²) in [6, 6.07) is 2.76. The van der Waals surface area contributed by atoms with Crippen LogP contribution in [0.2, 0.25) is 0 Å². The molecule has 1 aliphatic heterocycles. The van der Waals surface area contributed by atoms with Crippen molar-refractivity contribution in [3.05, 3.63) is 88.7 Å². The predicted molar refractivity (Wildman–Crippen MR) is 227 cm³/mol. The van der Waals surface area contributed by atoms with Gasteiger partial charge in [0.2, 0.25) is 17.7 Å². The number of nitrogens with two attached hydrogens (primary N) is 1.